The molecule has 24 aromatic heterocycles. The van der Waals surface area contributed by atoms with Crippen LogP contribution in [0.4, 0.5) is 0 Å². The molecule has 0 spiro atoms. The normalized spacial score (nSPS) is 10.2. The van der Waals surface area contributed by atoms with E-state index in [4.69, 9.17) is 0 Å². The molecule has 0 aliphatic rings. The lowest BCUT2D eigenvalue weighted by atomic mass is 10.1. The van der Waals surface area contributed by atoms with Gasteiger partial charge in [0.2, 0.25) is 0 Å². The molecule has 0 saturated carbocycles. The molecular formula is C90H76N28. The average Bonchev–Trinajstić information content (AvgIpc) is 1.63. The van der Waals surface area contributed by atoms with Crippen LogP contribution in [-0.2, 0) is 0 Å². The maximum atomic E-state index is 4.10. The van der Waals surface area contributed by atoms with Crippen molar-refractivity contribution in [2.24, 2.45) is 0 Å². The van der Waals surface area contributed by atoms with E-state index in [1.165, 1.54) is 28.1 Å². The number of imidazole rings is 2. The first-order chi connectivity index (χ1) is 58.6. The zero-order valence-corrected chi connectivity index (χ0v) is 63.4. The first kappa shape index (κ1) is 77.4. The van der Waals surface area contributed by atoms with E-state index < -0.39 is 0 Å². The Kier molecular flexibility index (Phi) is 27.3. The van der Waals surface area contributed by atoms with Gasteiger partial charge in [-0.2, -0.15) is 30.6 Å². The van der Waals surface area contributed by atoms with Gasteiger partial charge in [0, 0.05) is 184 Å². The van der Waals surface area contributed by atoms with Crippen LogP contribution in [0.3, 0.4) is 0 Å². The molecular weight excluding hydrogens is 1470 g/mol. The third kappa shape index (κ3) is 22.5. The number of aromatic nitrogens is 28. The minimum absolute atomic E-state index is 0.887. The second-order valence-corrected chi connectivity index (χ2v) is 24.7. The van der Waals surface area contributed by atoms with Crippen LogP contribution in [0.15, 0.2) is 466 Å². The van der Waals surface area contributed by atoms with E-state index >= 15 is 0 Å². The van der Waals surface area contributed by atoms with Crippen LogP contribution in [0.1, 0.15) is 0 Å². The molecule has 28 heteroatoms. The van der Waals surface area contributed by atoms with E-state index in [1.807, 2.05) is 318 Å². The number of nitrogens with zero attached hydrogens (tertiary/aromatic N) is 28. The van der Waals surface area contributed by atoms with E-state index in [0.29, 0.717) is 0 Å². The maximum Gasteiger partial charge on any atom is 0.155 e. The number of benzene rings is 2. The number of hydrogen-bond donors (Lipinski definition) is 0. The van der Waals surface area contributed by atoms with Crippen molar-refractivity contribution < 1.29 is 0 Å². The molecule has 0 aliphatic carbocycles. The van der Waals surface area contributed by atoms with Crippen LogP contribution in [0.25, 0.3) is 77.6 Å². The van der Waals surface area contributed by atoms with Crippen LogP contribution >= 0.6 is 0 Å². The number of rotatable bonds is 0. The Morgan fingerprint density at radius 1 is 0.161 bits per heavy atom. The van der Waals surface area contributed by atoms with Gasteiger partial charge in [-0.05, 0) is 175 Å². The predicted octanol–water partition coefficient (Wildman–Crippen LogP) is 16.4. The standard InChI is InChI=1S/C10H8.C8H7N.6C7H6N2.5C6H5N3/c1-2-6-10-8-4-3-7-9(10)5-1;1-2-6-9-7-3-5-8(9)4-1;1-3-7-8-4-2-6-9(7)5-1;1-3-7-4-2-6-9(7)8-5-1;1-2-7-3-4-8-6-9(7)5-1;1-2-7-6-8-3-5-9(7)4-1;1-2-6-9-7(3-1)4-5-8-9;1-2-5-9-6-4-8-7(9)3-1;1-3-9-4-2-8-6(9)5-7-1;1-3-7-5-9-6(1)2-4-8-9;1-3-7-6-2-4-8-9(6)5-1;1-2-8-9-4-3-7-5-6(1)9;1-2-4-9-6(3-1)7-5-8-9/h1-8H;1-7H;6*1-6H;5*1-5H. The highest BCUT2D eigenvalue weighted by Crippen LogP contribution is 2.12. The second-order valence-electron chi connectivity index (χ2n) is 24.7. The van der Waals surface area contributed by atoms with Gasteiger partial charge in [0.1, 0.15) is 23.9 Å². The van der Waals surface area contributed by atoms with Crippen molar-refractivity contribution in [2.45, 2.75) is 0 Å². The molecule has 0 bridgehead atoms. The van der Waals surface area contributed by atoms with Crippen molar-refractivity contribution >= 4 is 77.6 Å². The average molecular weight is 1550 g/mol. The van der Waals surface area contributed by atoms with Crippen molar-refractivity contribution in [3.63, 3.8) is 0 Å². The fourth-order valence-electron chi connectivity index (χ4n) is 11.2. The zero-order chi connectivity index (χ0) is 80.1. The van der Waals surface area contributed by atoms with Crippen molar-refractivity contribution in [3.8, 4) is 0 Å². The maximum absolute atomic E-state index is 4.10. The third-order valence-corrected chi connectivity index (χ3v) is 16.9. The number of pyridine rings is 4. The van der Waals surface area contributed by atoms with Crippen LogP contribution < -0.4 is 0 Å². The summed E-state index contributed by atoms with van der Waals surface area (Å²) >= 11 is 0. The molecule has 28 nitrogen and oxygen atoms in total. The summed E-state index contributed by atoms with van der Waals surface area (Å²) in [5, 5.41) is 26.6. The van der Waals surface area contributed by atoms with Crippen LogP contribution in [0.2, 0.25) is 0 Å². The van der Waals surface area contributed by atoms with Gasteiger partial charge >= 0.3 is 0 Å². The van der Waals surface area contributed by atoms with Gasteiger partial charge in [-0.25, -0.2) is 62.0 Å². The lowest BCUT2D eigenvalue weighted by molar-refractivity contribution is 0.921. The van der Waals surface area contributed by atoms with Gasteiger partial charge in [-0.1, -0.05) is 72.8 Å². The molecule has 0 amide bonds. The highest BCUT2D eigenvalue weighted by molar-refractivity contribution is 5.82. The molecule has 24 heterocycles. The molecule has 0 saturated heterocycles. The van der Waals surface area contributed by atoms with Gasteiger partial charge < -0.3 is 26.4 Å². The Morgan fingerprint density at radius 2 is 0.542 bits per heavy atom. The number of fused-ring (bicyclic) bond motifs is 13. The second kappa shape index (κ2) is 41.7. The molecule has 26 aromatic rings. The monoisotopic (exact) mass is 1550 g/mol. The smallest absolute Gasteiger partial charge is 0.155 e. The first-order valence-electron chi connectivity index (χ1n) is 37.0. The van der Waals surface area contributed by atoms with Crippen LogP contribution in [0.5, 0.6) is 0 Å². The summed E-state index contributed by atoms with van der Waals surface area (Å²) in [6, 6.07) is 79.9. The van der Waals surface area contributed by atoms with Gasteiger partial charge in [0.05, 0.1) is 71.1 Å². The van der Waals surface area contributed by atoms with Gasteiger partial charge in [-0.3, -0.25) is 15.0 Å². The largest absolute Gasteiger partial charge is 0.324 e. The molecule has 0 aliphatic heterocycles. The summed E-state index contributed by atoms with van der Waals surface area (Å²) in [7, 11) is 0. The zero-order valence-electron chi connectivity index (χ0n) is 63.4. The molecule has 576 valence electrons. The molecule has 118 heavy (non-hydrogen) atoms. The van der Waals surface area contributed by atoms with Crippen LogP contribution in [-0.4, -0.2) is 134 Å². The minimum Gasteiger partial charge on any atom is -0.324 e. The topological polar surface area (TPSA) is 259 Å². The highest BCUT2D eigenvalue weighted by Gasteiger charge is 1.95. The van der Waals surface area contributed by atoms with Crippen molar-refractivity contribution in [2.75, 3.05) is 0 Å². The van der Waals surface area contributed by atoms with Gasteiger partial charge in [-0.15, -0.1) is 0 Å². The minimum atomic E-state index is 0.887. The summed E-state index contributed by atoms with van der Waals surface area (Å²) in [6.07, 6.45) is 65.9. The number of hydrogen-bond acceptors (Lipinski definition) is 16. The van der Waals surface area contributed by atoms with Gasteiger partial charge in [0.25, 0.3) is 0 Å². The Labute approximate surface area is 674 Å². The van der Waals surface area contributed by atoms with E-state index in [0.717, 1.165) is 55.8 Å². The molecule has 0 N–H and O–H groups in total. The fraction of sp³-hybridized carbons (Fsp3) is 0. The highest BCUT2D eigenvalue weighted by atomic mass is 15.3. The summed E-state index contributed by atoms with van der Waals surface area (Å²) in [5.41, 5.74) is 12.6. The van der Waals surface area contributed by atoms with Crippen molar-refractivity contribution in [1.82, 2.24) is 134 Å². The summed E-state index contributed by atoms with van der Waals surface area (Å²) in [6.45, 7) is 0. The first-order valence-corrected chi connectivity index (χ1v) is 37.0. The lowest BCUT2D eigenvalue weighted by Crippen LogP contribution is -1.85. The lowest BCUT2D eigenvalue weighted by Gasteiger charge is -1.92. The van der Waals surface area contributed by atoms with E-state index in [9.17, 15) is 0 Å². The molecule has 0 radical (unpaired) electrons. The Balaban J connectivity index is 0.000000105. The SMILES string of the molecule is c1cc2ccncn2c1.c1cc2ccnn2cn1.c1cc2cnccn2c1.c1ccc2ccccc2c1.c1ccn2cccc2c1.c1ccn2ccnc2c1.c1ccn2nccc2c1.c1ccn2ncnc2c1.c1cn2ccnc2cn1.c1cn2nccc2cn1.c1cnc2cccn2c1.c1cnc2ccnn2c1.c1cnn2cccc2c1. The Bertz CT molecular complexity index is 5430. The van der Waals surface area contributed by atoms with E-state index in [1.54, 1.807) is 130 Å². The third-order valence-electron chi connectivity index (χ3n) is 16.9. The molecule has 0 atom stereocenters. The summed E-state index contributed by atoms with van der Waals surface area (Å²) in [4.78, 5) is 39.8. The molecule has 0 unspecified atom stereocenters. The molecule has 0 fully saturated rings. The Hall–Kier alpha value is -17.3. The van der Waals surface area contributed by atoms with Gasteiger partial charge in [0.15, 0.2) is 16.9 Å². The van der Waals surface area contributed by atoms with E-state index in [2.05, 4.69) is 145 Å². The predicted molar refractivity (Wildman–Crippen MR) is 457 cm³/mol. The quantitative estimate of drug-likeness (QED) is 0.137. The van der Waals surface area contributed by atoms with E-state index in [-0.39, 0.29) is 0 Å². The summed E-state index contributed by atoms with van der Waals surface area (Å²) < 4.78 is 22.5. The molecule has 26 rings (SSSR count). The van der Waals surface area contributed by atoms with Crippen molar-refractivity contribution in [3.05, 3.63) is 466 Å². The molecule has 2 aromatic carbocycles. The summed E-state index contributed by atoms with van der Waals surface area (Å²) in [5.74, 6) is 0. The Morgan fingerprint density at radius 3 is 1.23 bits per heavy atom. The fourth-order valence-corrected chi connectivity index (χ4v) is 11.2. The van der Waals surface area contributed by atoms with Crippen LogP contribution in [0, 0.1) is 0 Å². The van der Waals surface area contributed by atoms with Crippen molar-refractivity contribution in [1.29, 1.82) is 0 Å².